The van der Waals surface area contributed by atoms with Gasteiger partial charge in [-0.05, 0) is 60.7 Å². The van der Waals surface area contributed by atoms with E-state index in [1.807, 2.05) is 34.6 Å². The molecule has 1 saturated heterocycles. The molecule has 11 nitrogen and oxygen atoms in total. The summed E-state index contributed by atoms with van der Waals surface area (Å²) in [5.74, 6) is -0.124. The summed E-state index contributed by atoms with van der Waals surface area (Å²) in [7, 11) is 0. The molecule has 2 unspecified atom stereocenters. The summed E-state index contributed by atoms with van der Waals surface area (Å²) in [6.07, 6.45) is 13.7. The molecule has 0 spiro atoms. The Labute approximate surface area is 279 Å². The Morgan fingerprint density at radius 1 is 1.00 bits per heavy atom. The summed E-state index contributed by atoms with van der Waals surface area (Å²) in [6.45, 7) is 13.6. The second-order valence-electron chi connectivity index (χ2n) is 15.5. The first kappa shape index (κ1) is 36.2. The summed E-state index contributed by atoms with van der Waals surface area (Å²) >= 11 is 0. The zero-order valence-electron chi connectivity index (χ0n) is 28.7. The number of amides is 5. The first-order valence-electron chi connectivity index (χ1n) is 17.2. The Morgan fingerprint density at radius 3 is 2.23 bits per heavy atom. The van der Waals surface area contributed by atoms with Gasteiger partial charge >= 0.3 is 6.03 Å². The SMILES string of the molecule is C#CCCC(NC(=O)[C@@H]1C2[C@H](CN1C(=O)[C@@H](NC(=O)N[C@H](C(=O)C1CC1)C1CCCCC1)C(C)(C)C)C2(C)C)C(=O)C(=O)NCC=C. The number of hydrogen-bond acceptors (Lipinski definition) is 6. The molecule has 0 bridgehead atoms. The van der Waals surface area contributed by atoms with Gasteiger partial charge in [0.25, 0.3) is 5.91 Å². The quantitative estimate of drug-likeness (QED) is 0.129. The average Bonchev–Trinajstić information content (AvgIpc) is 3.91. The van der Waals surface area contributed by atoms with Gasteiger partial charge < -0.3 is 26.2 Å². The van der Waals surface area contributed by atoms with Gasteiger partial charge in [-0.1, -0.05) is 60.0 Å². The van der Waals surface area contributed by atoms with Gasteiger partial charge in [0, 0.05) is 25.4 Å². The zero-order chi connectivity index (χ0) is 34.7. The van der Waals surface area contributed by atoms with E-state index in [1.165, 1.54) is 11.0 Å². The molecule has 11 heteroatoms. The van der Waals surface area contributed by atoms with E-state index in [0.717, 1.165) is 44.9 Å². The van der Waals surface area contributed by atoms with E-state index in [2.05, 4.69) is 33.8 Å². The van der Waals surface area contributed by atoms with Crippen LogP contribution in [0.5, 0.6) is 0 Å². The highest BCUT2D eigenvalue weighted by Gasteiger charge is 2.70. The number of urea groups is 1. The largest absolute Gasteiger partial charge is 0.346 e. The number of piperidine rings is 1. The van der Waals surface area contributed by atoms with Crippen molar-refractivity contribution in [2.24, 2.45) is 34.5 Å². The predicted octanol–water partition coefficient (Wildman–Crippen LogP) is 2.88. The van der Waals surface area contributed by atoms with Crippen LogP contribution in [-0.2, 0) is 24.0 Å². The molecule has 6 atom stereocenters. The molecule has 5 amide bonds. The van der Waals surface area contributed by atoms with Crippen molar-refractivity contribution in [3.63, 3.8) is 0 Å². The number of carbonyl (C=O) groups is 6. The highest BCUT2D eigenvalue weighted by Crippen LogP contribution is 2.65. The topological polar surface area (TPSA) is 154 Å². The number of carbonyl (C=O) groups excluding carboxylic acids is 6. The van der Waals surface area contributed by atoms with Crippen LogP contribution in [0.2, 0.25) is 0 Å². The molecule has 1 aliphatic heterocycles. The van der Waals surface area contributed by atoms with Crippen LogP contribution >= 0.6 is 0 Å². The fourth-order valence-electron chi connectivity index (χ4n) is 7.62. The van der Waals surface area contributed by atoms with Crippen molar-refractivity contribution in [2.45, 2.75) is 117 Å². The Balaban J connectivity index is 1.52. The van der Waals surface area contributed by atoms with E-state index in [-0.39, 0.29) is 54.3 Å². The predicted molar refractivity (Wildman–Crippen MR) is 177 cm³/mol. The number of hydrogen-bond donors (Lipinski definition) is 4. The molecule has 47 heavy (non-hydrogen) atoms. The highest BCUT2D eigenvalue weighted by atomic mass is 16.2. The van der Waals surface area contributed by atoms with E-state index >= 15 is 0 Å². The van der Waals surface area contributed by atoms with E-state index < -0.39 is 59.1 Å². The van der Waals surface area contributed by atoms with Crippen molar-refractivity contribution in [2.75, 3.05) is 13.1 Å². The van der Waals surface area contributed by atoms with Crippen molar-refractivity contribution in [1.82, 2.24) is 26.2 Å². The molecule has 0 aromatic rings. The van der Waals surface area contributed by atoms with Gasteiger partial charge in [-0.15, -0.1) is 18.9 Å². The summed E-state index contributed by atoms with van der Waals surface area (Å²) < 4.78 is 0. The molecule has 3 aliphatic carbocycles. The molecule has 4 N–H and O–H groups in total. The third kappa shape index (κ3) is 8.25. The van der Waals surface area contributed by atoms with Crippen molar-refractivity contribution >= 4 is 35.3 Å². The van der Waals surface area contributed by atoms with Crippen LogP contribution in [0.25, 0.3) is 0 Å². The number of Topliss-reactive ketones (excluding diaryl/α,β-unsaturated/α-hetero) is 2. The molecule has 1 heterocycles. The lowest BCUT2D eigenvalue weighted by Gasteiger charge is -2.38. The van der Waals surface area contributed by atoms with Gasteiger partial charge in [0.1, 0.15) is 12.1 Å². The fourth-order valence-corrected chi connectivity index (χ4v) is 7.62. The van der Waals surface area contributed by atoms with Gasteiger partial charge in [0.05, 0.1) is 12.1 Å². The van der Waals surface area contributed by atoms with Crippen LogP contribution in [0.15, 0.2) is 12.7 Å². The average molecular weight is 652 g/mol. The van der Waals surface area contributed by atoms with Crippen molar-refractivity contribution in [3.05, 3.63) is 12.7 Å². The lowest BCUT2D eigenvalue weighted by atomic mass is 9.81. The second-order valence-corrected chi connectivity index (χ2v) is 15.5. The number of rotatable bonds is 14. The number of ketones is 2. The summed E-state index contributed by atoms with van der Waals surface area (Å²) in [6, 6.07) is -4.22. The number of nitrogens with one attached hydrogen (secondary N) is 4. The Morgan fingerprint density at radius 2 is 1.66 bits per heavy atom. The number of terminal acetylenes is 1. The molecular weight excluding hydrogens is 598 g/mol. The lowest BCUT2D eigenvalue weighted by molar-refractivity contribution is -0.145. The zero-order valence-corrected chi connectivity index (χ0v) is 28.7. The van der Waals surface area contributed by atoms with Crippen molar-refractivity contribution in [3.8, 4) is 12.3 Å². The smallest absolute Gasteiger partial charge is 0.316 e. The first-order valence-corrected chi connectivity index (χ1v) is 17.2. The van der Waals surface area contributed by atoms with Gasteiger partial charge in [-0.25, -0.2) is 4.79 Å². The van der Waals surface area contributed by atoms with Crippen LogP contribution in [0.4, 0.5) is 4.79 Å². The van der Waals surface area contributed by atoms with Crippen molar-refractivity contribution < 1.29 is 28.8 Å². The molecule has 3 saturated carbocycles. The molecule has 4 aliphatic rings. The Kier molecular flexibility index (Phi) is 11.2. The van der Waals surface area contributed by atoms with E-state index in [9.17, 15) is 28.8 Å². The van der Waals surface area contributed by atoms with Gasteiger partial charge in [-0.3, -0.25) is 24.0 Å². The number of nitrogens with zero attached hydrogens (tertiary/aromatic N) is 1. The molecule has 4 rings (SSSR count). The maximum atomic E-state index is 14.3. The molecule has 258 valence electrons. The minimum absolute atomic E-state index is 0.00868. The Hall–Kier alpha value is -3.68. The van der Waals surface area contributed by atoms with E-state index in [1.54, 1.807) is 0 Å². The van der Waals surface area contributed by atoms with Crippen LogP contribution < -0.4 is 21.3 Å². The highest BCUT2D eigenvalue weighted by molar-refractivity contribution is 6.38. The van der Waals surface area contributed by atoms with Crippen LogP contribution in [0.1, 0.15) is 92.4 Å². The fraction of sp³-hybridized carbons (Fsp3) is 0.722. The minimum atomic E-state index is -1.16. The molecule has 0 aromatic carbocycles. The summed E-state index contributed by atoms with van der Waals surface area (Å²) in [5, 5.41) is 11.0. The standard InChI is InChI=1S/C36H53N5O6/c1-8-10-16-24(29(43)32(45)37-19-9-2)38-31(44)27-25-23(36(25,6)7)20-41(27)33(46)30(35(3,4)5)40-34(47)39-26(28(42)22-17-18-22)21-14-12-11-13-15-21/h1,9,21-27,30H,2,10-20H2,3-7H3,(H,37,45)(H,38,44)(H2,39,40,47)/t23-,24?,25?,26-,27-,30+/m0/s1. The maximum absolute atomic E-state index is 14.3. The van der Waals surface area contributed by atoms with Crippen LogP contribution in [0.3, 0.4) is 0 Å². The normalized spacial score (nSPS) is 25.2. The van der Waals surface area contributed by atoms with Gasteiger partial charge in [0.2, 0.25) is 17.6 Å². The maximum Gasteiger partial charge on any atom is 0.316 e. The third-order valence-electron chi connectivity index (χ3n) is 10.7. The molecule has 0 radical (unpaired) electrons. The number of fused-ring (bicyclic) bond motifs is 1. The summed E-state index contributed by atoms with van der Waals surface area (Å²) in [4.78, 5) is 82.1. The molecule has 4 fully saturated rings. The first-order chi connectivity index (χ1) is 22.1. The second kappa shape index (κ2) is 14.6. The van der Waals surface area contributed by atoms with Crippen LogP contribution in [-0.4, -0.2) is 77.5 Å². The third-order valence-corrected chi connectivity index (χ3v) is 10.7. The monoisotopic (exact) mass is 651 g/mol. The lowest BCUT2D eigenvalue weighted by Crippen LogP contribution is -2.62. The van der Waals surface area contributed by atoms with E-state index in [0.29, 0.717) is 6.54 Å². The van der Waals surface area contributed by atoms with Gasteiger partial charge in [0.15, 0.2) is 5.78 Å². The Bertz CT molecular complexity index is 1300. The van der Waals surface area contributed by atoms with Crippen molar-refractivity contribution in [1.29, 1.82) is 0 Å². The number of likely N-dealkylation sites (tertiary alicyclic amines) is 1. The molecular formula is C36H53N5O6. The molecule has 0 aromatic heterocycles. The minimum Gasteiger partial charge on any atom is -0.346 e. The summed E-state index contributed by atoms with van der Waals surface area (Å²) in [5.41, 5.74) is -0.940. The van der Waals surface area contributed by atoms with E-state index in [4.69, 9.17) is 6.42 Å². The van der Waals surface area contributed by atoms with Gasteiger partial charge in [-0.2, -0.15) is 0 Å². The van der Waals surface area contributed by atoms with Crippen LogP contribution in [0, 0.1) is 46.8 Å².